The van der Waals surface area contributed by atoms with Crippen molar-refractivity contribution in [3.8, 4) is 10.8 Å². The fourth-order valence-corrected chi connectivity index (χ4v) is 3.48. The predicted molar refractivity (Wildman–Crippen MR) is 106 cm³/mol. The van der Waals surface area contributed by atoms with Crippen LogP contribution in [-0.4, -0.2) is 30.5 Å². The van der Waals surface area contributed by atoms with E-state index in [0.29, 0.717) is 5.89 Å². The summed E-state index contributed by atoms with van der Waals surface area (Å²) in [6.07, 6.45) is 2.46. The normalized spacial score (nSPS) is 15.8. The van der Waals surface area contributed by atoms with Crippen molar-refractivity contribution in [1.82, 2.24) is 15.6 Å². The Kier molecular flexibility index (Phi) is 8.41. The number of thiophene rings is 1. The second kappa shape index (κ2) is 9.57. The van der Waals surface area contributed by atoms with Crippen molar-refractivity contribution >= 4 is 42.1 Å². The zero-order chi connectivity index (χ0) is 16.3. The van der Waals surface area contributed by atoms with Gasteiger partial charge in [-0.3, -0.25) is 4.79 Å². The molecule has 8 heteroatoms. The molecule has 1 fully saturated rings. The second-order valence-electron chi connectivity index (χ2n) is 6.51. The van der Waals surface area contributed by atoms with Gasteiger partial charge in [-0.05, 0) is 49.7 Å². The molecule has 1 saturated heterocycles. The molecule has 0 aliphatic carbocycles. The molecule has 1 aliphatic rings. The molecule has 0 bridgehead atoms. The smallest absolute Gasteiger partial charge is 0.236 e. The highest BCUT2D eigenvalue weighted by molar-refractivity contribution is 7.13. The zero-order valence-electron chi connectivity index (χ0n) is 14.5. The lowest BCUT2D eigenvalue weighted by Gasteiger charge is -2.34. The molecule has 2 aromatic rings. The number of rotatable bonds is 5. The number of aromatic nitrogens is 1. The van der Waals surface area contributed by atoms with Crippen molar-refractivity contribution in [3.63, 3.8) is 0 Å². The molecule has 0 spiro atoms. The molecule has 0 aromatic carbocycles. The van der Waals surface area contributed by atoms with Gasteiger partial charge in [0.2, 0.25) is 11.8 Å². The van der Waals surface area contributed by atoms with E-state index in [0.717, 1.165) is 48.8 Å². The molecule has 5 nitrogen and oxygen atoms in total. The van der Waals surface area contributed by atoms with Crippen LogP contribution in [0.3, 0.4) is 0 Å². The largest absolute Gasteiger partial charge is 0.440 e. The number of nitrogens with zero attached hydrogens (tertiary/aromatic N) is 1. The maximum Gasteiger partial charge on any atom is 0.236 e. The van der Waals surface area contributed by atoms with Crippen LogP contribution in [0.15, 0.2) is 21.9 Å². The summed E-state index contributed by atoms with van der Waals surface area (Å²) >= 11 is 1.58. The third-order valence-electron chi connectivity index (χ3n) is 4.48. The molecule has 2 aromatic heterocycles. The van der Waals surface area contributed by atoms with Gasteiger partial charge in [-0.15, -0.1) is 36.2 Å². The average Bonchev–Trinajstić information content (AvgIpc) is 3.17. The molecule has 0 unspecified atom stereocenters. The molecule has 0 atom stereocenters. The van der Waals surface area contributed by atoms with Crippen LogP contribution in [-0.2, 0) is 11.2 Å². The van der Waals surface area contributed by atoms with Gasteiger partial charge < -0.3 is 15.1 Å². The Morgan fingerprint density at radius 2 is 2.12 bits per heavy atom. The summed E-state index contributed by atoms with van der Waals surface area (Å²) in [5, 5.41) is 8.41. The van der Waals surface area contributed by atoms with Crippen molar-refractivity contribution in [1.29, 1.82) is 0 Å². The van der Waals surface area contributed by atoms with Crippen molar-refractivity contribution in [3.05, 3.63) is 29.0 Å². The number of halogens is 2. The molecule has 3 rings (SSSR count). The van der Waals surface area contributed by atoms with E-state index in [4.69, 9.17) is 4.42 Å². The number of carbonyl (C=O) groups excluding carboxylic acids is 1. The van der Waals surface area contributed by atoms with E-state index in [2.05, 4.69) is 22.5 Å². The van der Waals surface area contributed by atoms with E-state index >= 15 is 0 Å². The number of hydrogen-bond donors (Lipinski definition) is 2. The lowest BCUT2D eigenvalue weighted by Crippen LogP contribution is -2.43. The van der Waals surface area contributed by atoms with Crippen LogP contribution < -0.4 is 10.6 Å². The van der Waals surface area contributed by atoms with Crippen LogP contribution in [0.2, 0.25) is 0 Å². The summed E-state index contributed by atoms with van der Waals surface area (Å²) in [6.45, 7) is 6.88. The first-order valence-corrected chi connectivity index (χ1v) is 8.91. The molecule has 3 heterocycles. The third kappa shape index (κ3) is 5.71. The minimum atomic E-state index is 0. The first kappa shape index (κ1) is 22.0. The molecule has 25 heavy (non-hydrogen) atoms. The number of aryl methyl sites for hydroxylation is 1. The summed E-state index contributed by atoms with van der Waals surface area (Å²) in [4.78, 5) is 17.7. The zero-order valence-corrected chi connectivity index (χ0v) is 16.9. The Morgan fingerprint density at radius 1 is 1.40 bits per heavy atom. The van der Waals surface area contributed by atoms with Crippen LogP contribution in [0.4, 0.5) is 0 Å². The van der Waals surface area contributed by atoms with E-state index in [1.165, 1.54) is 0 Å². The molecule has 0 saturated carbocycles. The quantitative estimate of drug-likeness (QED) is 0.796. The molecule has 2 N–H and O–H groups in total. The summed E-state index contributed by atoms with van der Waals surface area (Å²) in [7, 11) is 0. The summed E-state index contributed by atoms with van der Waals surface area (Å²) < 4.78 is 5.69. The highest BCUT2D eigenvalue weighted by atomic mass is 35.5. The molecule has 1 aliphatic heterocycles. The average molecular weight is 406 g/mol. The highest BCUT2D eigenvalue weighted by Gasteiger charge is 2.27. The Bertz CT molecular complexity index is 667. The van der Waals surface area contributed by atoms with Crippen LogP contribution in [0.1, 0.15) is 31.2 Å². The predicted octanol–water partition coefficient (Wildman–Crippen LogP) is 3.60. The Morgan fingerprint density at radius 3 is 2.76 bits per heavy atom. The number of piperidine rings is 1. The van der Waals surface area contributed by atoms with Crippen molar-refractivity contribution in [2.24, 2.45) is 5.41 Å². The maximum atomic E-state index is 12.2. The van der Waals surface area contributed by atoms with E-state index in [9.17, 15) is 4.79 Å². The van der Waals surface area contributed by atoms with Gasteiger partial charge in [-0.1, -0.05) is 13.0 Å². The van der Waals surface area contributed by atoms with E-state index in [-0.39, 0.29) is 42.6 Å². The molecular formula is C17H25Cl2N3O2S. The van der Waals surface area contributed by atoms with Crippen LogP contribution in [0.25, 0.3) is 10.8 Å². The Balaban J connectivity index is 0.00000156. The first-order chi connectivity index (χ1) is 11.1. The van der Waals surface area contributed by atoms with E-state index in [1.54, 1.807) is 11.3 Å². The van der Waals surface area contributed by atoms with Gasteiger partial charge >= 0.3 is 0 Å². The van der Waals surface area contributed by atoms with Gasteiger partial charge in [0.05, 0.1) is 17.0 Å². The van der Waals surface area contributed by atoms with Crippen molar-refractivity contribution < 1.29 is 9.21 Å². The third-order valence-corrected chi connectivity index (χ3v) is 5.33. The molecule has 0 radical (unpaired) electrons. The van der Waals surface area contributed by atoms with Crippen LogP contribution in [0.5, 0.6) is 0 Å². The topological polar surface area (TPSA) is 67.2 Å². The fraction of sp³-hybridized carbons (Fsp3) is 0.529. The molecular weight excluding hydrogens is 381 g/mol. The van der Waals surface area contributed by atoms with Gasteiger partial charge in [0.1, 0.15) is 5.76 Å². The molecule has 140 valence electrons. The SMILES string of the molecule is Cc1oc(-c2cccs2)nc1CC(=O)NCC1(C)CCNCC1.Cl.Cl. The molecule has 1 amide bonds. The highest BCUT2D eigenvalue weighted by Crippen LogP contribution is 2.27. The minimum absolute atomic E-state index is 0. The summed E-state index contributed by atoms with van der Waals surface area (Å²) in [5.41, 5.74) is 0.920. The maximum absolute atomic E-state index is 12.2. The van der Waals surface area contributed by atoms with Crippen molar-refractivity contribution in [2.75, 3.05) is 19.6 Å². The summed E-state index contributed by atoms with van der Waals surface area (Å²) in [5.74, 6) is 1.33. The van der Waals surface area contributed by atoms with Gasteiger partial charge in [0, 0.05) is 6.54 Å². The van der Waals surface area contributed by atoms with Gasteiger partial charge in [-0.2, -0.15) is 0 Å². The summed E-state index contributed by atoms with van der Waals surface area (Å²) in [6, 6.07) is 3.93. The van der Waals surface area contributed by atoms with Crippen LogP contribution >= 0.6 is 36.2 Å². The number of oxazole rings is 1. The Labute approximate surface area is 164 Å². The van der Waals surface area contributed by atoms with Crippen LogP contribution in [0, 0.1) is 12.3 Å². The lowest BCUT2D eigenvalue weighted by molar-refractivity contribution is -0.121. The van der Waals surface area contributed by atoms with Crippen molar-refractivity contribution in [2.45, 2.75) is 33.1 Å². The first-order valence-electron chi connectivity index (χ1n) is 8.03. The Hall–Kier alpha value is -1.08. The number of nitrogens with one attached hydrogen (secondary N) is 2. The van der Waals surface area contributed by atoms with Gasteiger partial charge in [0.15, 0.2) is 0 Å². The standard InChI is InChI=1S/C17H23N3O2S.2ClH/c1-12-13(20-16(22-12)14-4-3-9-23-14)10-15(21)19-11-17(2)5-7-18-8-6-17;;/h3-4,9,18H,5-8,10-11H2,1-2H3,(H,19,21);2*1H. The van der Waals surface area contributed by atoms with E-state index < -0.39 is 0 Å². The van der Waals surface area contributed by atoms with Gasteiger partial charge in [0.25, 0.3) is 0 Å². The second-order valence-corrected chi connectivity index (χ2v) is 7.46. The lowest BCUT2D eigenvalue weighted by atomic mass is 9.81. The van der Waals surface area contributed by atoms with Gasteiger partial charge in [-0.25, -0.2) is 4.98 Å². The minimum Gasteiger partial charge on any atom is -0.440 e. The fourth-order valence-electron chi connectivity index (χ4n) is 2.83. The number of carbonyl (C=O) groups is 1. The number of hydrogen-bond acceptors (Lipinski definition) is 5. The number of amides is 1. The van der Waals surface area contributed by atoms with E-state index in [1.807, 2.05) is 24.4 Å². The monoisotopic (exact) mass is 405 g/mol.